The fraction of sp³-hybridized carbons (Fsp3) is 0.211. The van der Waals surface area contributed by atoms with E-state index in [4.69, 9.17) is 8.83 Å². The Hall–Kier alpha value is -3.42. The number of aromatic nitrogens is 1. The van der Waals surface area contributed by atoms with Gasteiger partial charge in [0, 0.05) is 18.4 Å². The predicted octanol–water partition coefficient (Wildman–Crippen LogP) is 2.44. The van der Waals surface area contributed by atoms with Crippen LogP contribution in [0, 0.1) is 5.82 Å². The van der Waals surface area contributed by atoms with Gasteiger partial charge < -0.3 is 19.5 Å². The second kappa shape index (κ2) is 8.79. The minimum atomic E-state index is -0.330. The largest absolute Gasteiger partial charge is 0.467 e. The third kappa shape index (κ3) is 5.53. The summed E-state index contributed by atoms with van der Waals surface area (Å²) in [4.78, 5) is 27.6. The maximum absolute atomic E-state index is 12.9. The van der Waals surface area contributed by atoms with E-state index in [-0.39, 0.29) is 37.1 Å². The maximum Gasteiger partial charge on any atom is 0.239 e. The standard InChI is InChI=1S/C19H18FN3O4/c20-14-5-3-13(4-6-14)16-11-23-19(27-16)8-7-17(24)22-12-18(25)21-10-15-2-1-9-26-15/h1-6,9,11H,7-8,10,12H2,(H,21,25)(H,22,24). The van der Waals surface area contributed by atoms with Crippen LogP contribution < -0.4 is 10.6 Å². The molecular weight excluding hydrogens is 353 g/mol. The van der Waals surface area contributed by atoms with Crippen LogP contribution in [0.2, 0.25) is 0 Å². The molecule has 8 heteroatoms. The molecule has 0 aliphatic rings. The van der Waals surface area contributed by atoms with Gasteiger partial charge in [0.15, 0.2) is 11.7 Å². The lowest BCUT2D eigenvalue weighted by Gasteiger charge is -2.05. The summed E-state index contributed by atoms with van der Waals surface area (Å²) in [7, 11) is 0. The van der Waals surface area contributed by atoms with Crippen LogP contribution in [0.3, 0.4) is 0 Å². The molecule has 3 rings (SSSR count). The van der Waals surface area contributed by atoms with Gasteiger partial charge in [-0.1, -0.05) is 0 Å². The Labute approximate surface area is 154 Å². The van der Waals surface area contributed by atoms with Crippen molar-refractivity contribution in [2.24, 2.45) is 0 Å². The van der Waals surface area contributed by atoms with Crippen molar-refractivity contribution in [2.75, 3.05) is 6.54 Å². The van der Waals surface area contributed by atoms with Gasteiger partial charge in [-0.05, 0) is 36.4 Å². The summed E-state index contributed by atoms with van der Waals surface area (Å²) in [6.45, 7) is 0.149. The van der Waals surface area contributed by atoms with Crippen molar-refractivity contribution >= 4 is 11.8 Å². The highest BCUT2D eigenvalue weighted by Gasteiger charge is 2.10. The highest BCUT2D eigenvalue weighted by molar-refractivity contribution is 5.84. The molecule has 0 saturated heterocycles. The van der Waals surface area contributed by atoms with Crippen molar-refractivity contribution < 1.29 is 22.8 Å². The van der Waals surface area contributed by atoms with Crippen LogP contribution in [-0.4, -0.2) is 23.3 Å². The molecule has 27 heavy (non-hydrogen) atoms. The van der Waals surface area contributed by atoms with Crippen molar-refractivity contribution in [1.29, 1.82) is 0 Å². The average molecular weight is 371 g/mol. The molecule has 0 spiro atoms. The van der Waals surface area contributed by atoms with E-state index in [1.807, 2.05) is 0 Å². The summed E-state index contributed by atoms with van der Waals surface area (Å²) in [5.41, 5.74) is 0.702. The van der Waals surface area contributed by atoms with Crippen LogP contribution in [0.15, 0.2) is 57.7 Å². The summed E-state index contributed by atoms with van der Waals surface area (Å²) >= 11 is 0. The fourth-order valence-corrected chi connectivity index (χ4v) is 2.32. The van der Waals surface area contributed by atoms with Crippen molar-refractivity contribution in [3.63, 3.8) is 0 Å². The summed E-state index contributed by atoms with van der Waals surface area (Å²) in [5, 5.41) is 5.17. The zero-order valence-electron chi connectivity index (χ0n) is 14.4. The Morgan fingerprint density at radius 2 is 1.89 bits per heavy atom. The Morgan fingerprint density at radius 3 is 2.63 bits per heavy atom. The lowest BCUT2D eigenvalue weighted by atomic mass is 10.2. The molecule has 1 aromatic carbocycles. The monoisotopic (exact) mass is 371 g/mol. The first-order chi connectivity index (χ1) is 13.1. The van der Waals surface area contributed by atoms with Crippen LogP contribution >= 0.6 is 0 Å². The molecule has 0 atom stereocenters. The lowest BCUT2D eigenvalue weighted by Crippen LogP contribution is -2.36. The van der Waals surface area contributed by atoms with E-state index >= 15 is 0 Å². The molecule has 0 saturated carbocycles. The maximum atomic E-state index is 12.9. The van der Waals surface area contributed by atoms with Gasteiger partial charge in [0.2, 0.25) is 11.8 Å². The Bertz CT molecular complexity index is 888. The van der Waals surface area contributed by atoms with E-state index in [1.165, 1.54) is 24.6 Å². The van der Waals surface area contributed by atoms with Gasteiger partial charge in [-0.15, -0.1) is 0 Å². The molecule has 0 unspecified atom stereocenters. The predicted molar refractivity (Wildman–Crippen MR) is 93.8 cm³/mol. The van der Waals surface area contributed by atoms with E-state index in [0.29, 0.717) is 29.4 Å². The number of carbonyl (C=O) groups excluding carboxylic acids is 2. The van der Waals surface area contributed by atoms with Crippen LogP contribution in [0.4, 0.5) is 4.39 Å². The first kappa shape index (κ1) is 18.4. The van der Waals surface area contributed by atoms with Crippen molar-refractivity contribution in [1.82, 2.24) is 15.6 Å². The number of amides is 2. The Kier molecular flexibility index (Phi) is 5.98. The molecule has 2 heterocycles. The van der Waals surface area contributed by atoms with Gasteiger partial charge in [-0.2, -0.15) is 0 Å². The summed E-state index contributed by atoms with van der Waals surface area (Å²) < 4.78 is 23.6. The van der Waals surface area contributed by atoms with E-state index < -0.39 is 0 Å². The average Bonchev–Trinajstić information content (AvgIpc) is 3.35. The Morgan fingerprint density at radius 1 is 1.07 bits per heavy atom. The second-order valence-electron chi connectivity index (χ2n) is 5.76. The first-order valence-corrected chi connectivity index (χ1v) is 8.36. The van der Waals surface area contributed by atoms with Gasteiger partial charge in [0.1, 0.15) is 11.6 Å². The van der Waals surface area contributed by atoms with Crippen molar-refractivity contribution in [2.45, 2.75) is 19.4 Å². The third-order valence-corrected chi connectivity index (χ3v) is 3.73. The first-order valence-electron chi connectivity index (χ1n) is 8.36. The van der Waals surface area contributed by atoms with E-state index in [0.717, 1.165) is 0 Å². The topological polar surface area (TPSA) is 97.4 Å². The van der Waals surface area contributed by atoms with Crippen molar-refractivity contribution in [3.8, 4) is 11.3 Å². The van der Waals surface area contributed by atoms with Gasteiger partial charge in [0.05, 0.1) is 25.5 Å². The number of oxazole rings is 1. The number of hydrogen-bond donors (Lipinski definition) is 2. The molecular formula is C19H18FN3O4. The van der Waals surface area contributed by atoms with Crippen LogP contribution in [-0.2, 0) is 22.6 Å². The highest BCUT2D eigenvalue weighted by atomic mass is 19.1. The molecule has 2 N–H and O–H groups in total. The quantitative estimate of drug-likeness (QED) is 0.634. The van der Waals surface area contributed by atoms with Gasteiger partial charge in [0.25, 0.3) is 0 Å². The zero-order valence-corrected chi connectivity index (χ0v) is 14.4. The molecule has 140 valence electrons. The molecule has 7 nitrogen and oxygen atoms in total. The second-order valence-corrected chi connectivity index (χ2v) is 5.76. The van der Waals surface area contributed by atoms with Gasteiger partial charge >= 0.3 is 0 Å². The molecule has 0 radical (unpaired) electrons. The van der Waals surface area contributed by atoms with E-state index in [1.54, 1.807) is 24.3 Å². The molecule has 2 aromatic heterocycles. The molecule has 2 amide bonds. The molecule has 0 bridgehead atoms. The Balaban J connectivity index is 1.39. The zero-order chi connectivity index (χ0) is 19.1. The fourth-order valence-electron chi connectivity index (χ4n) is 2.32. The normalized spacial score (nSPS) is 10.6. The number of rotatable bonds is 8. The molecule has 0 fully saturated rings. The highest BCUT2D eigenvalue weighted by Crippen LogP contribution is 2.21. The van der Waals surface area contributed by atoms with Gasteiger partial charge in [-0.25, -0.2) is 9.37 Å². The van der Waals surface area contributed by atoms with Crippen LogP contribution in [0.1, 0.15) is 18.1 Å². The molecule has 0 aliphatic carbocycles. The van der Waals surface area contributed by atoms with Crippen LogP contribution in [0.5, 0.6) is 0 Å². The number of benzene rings is 1. The number of aryl methyl sites for hydroxylation is 1. The SMILES string of the molecule is O=C(CCc1ncc(-c2ccc(F)cc2)o1)NCC(=O)NCc1ccco1. The summed E-state index contributed by atoms with van der Waals surface area (Å²) in [5.74, 6) is 0.604. The lowest BCUT2D eigenvalue weighted by molar-refractivity contribution is -0.126. The van der Waals surface area contributed by atoms with E-state index in [2.05, 4.69) is 15.6 Å². The number of hydrogen-bond acceptors (Lipinski definition) is 5. The minimum Gasteiger partial charge on any atom is -0.467 e. The molecule has 0 aliphatic heterocycles. The minimum absolute atomic E-state index is 0.119. The number of nitrogens with one attached hydrogen (secondary N) is 2. The van der Waals surface area contributed by atoms with Crippen LogP contribution in [0.25, 0.3) is 11.3 Å². The van der Waals surface area contributed by atoms with E-state index in [9.17, 15) is 14.0 Å². The number of nitrogens with zero attached hydrogens (tertiary/aromatic N) is 1. The summed E-state index contributed by atoms with van der Waals surface area (Å²) in [6.07, 6.45) is 3.48. The number of furan rings is 1. The van der Waals surface area contributed by atoms with Gasteiger partial charge in [-0.3, -0.25) is 9.59 Å². The van der Waals surface area contributed by atoms with Crippen molar-refractivity contribution in [3.05, 3.63) is 66.3 Å². The third-order valence-electron chi connectivity index (χ3n) is 3.73. The summed E-state index contributed by atoms with van der Waals surface area (Å²) in [6, 6.07) is 9.33. The number of halogens is 1. The molecule has 3 aromatic rings. The number of carbonyl (C=O) groups is 2. The smallest absolute Gasteiger partial charge is 0.239 e.